The molecule has 2 heterocycles. The third kappa shape index (κ3) is 2.54. The third-order valence-corrected chi connectivity index (χ3v) is 3.07. The van der Waals surface area contributed by atoms with Gasteiger partial charge in [-0.25, -0.2) is 4.98 Å². The van der Waals surface area contributed by atoms with Gasteiger partial charge in [-0.1, -0.05) is 0 Å². The van der Waals surface area contributed by atoms with E-state index in [2.05, 4.69) is 14.9 Å². The normalized spacial score (nSPS) is 20.1. The molecule has 1 aromatic heterocycles. The van der Waals surface area contributed by atoms with E-state index >= 15 is 0 Å². The number of anilines is 1. The molecular weight excluding hydrogens is 216 g/mol. The molecule has 0 bridgehead atoms. The van der Waals surface area contributed by atoms with Crippen LogP contribution in [-0.2, 0) is 4.79 Å². The summed E-state index contributed by atoms with van der Waals surface area (Å²) in [7, 11) is 3.59. The summed E-state index contributed by atoms with van der Waals surface area (Å²) in [4.78, 5) is 24.2. The maximum absolute atomic E-state index is 12.1. The van der Waals surface area contributed by atoms with E-state index < -0.39 is 0 Å². The largest absolute Gasteiger partial charge is 0.347 e. The predicted octanol–water partition coefficient (Wildman–Crippen LogP) is 0.924. The molecule has 1 atom stereocenters. The minimum atomic E-state index is -0.0875. The highest BCUT2D eigenvalue weighted by molar-refractivity contribution is 5.84. The molecule has 1 aromatic rings. The fourth-order valence-electron chi connectivity index (χ4n) is 2.20. The molecule has 0 N–H and O–H groups in total. The molecule has 1 fully saturated rings. The smallest absolute Gasteiger partial charge is 0.244 e. The van der Waals surface area contributed by atoms with E-state index in [1.165, 1.54) is 0 Å². The third-order valence-electron chi connectivity index (χ3n) is 3.07. The van der Waals surface area contributed by atoms with E-state index in [4.69, 9.17) is 0 Å². The van der Waals surface area contributed by atoms with Gasteiger partial charge in [0.25, 0.3) is 0 Å². The van der Waals surface area contributed by atoms with E-state index in [9.17, 15) is 4.79 Å². The fourth-order valence-corrected chi connectivity index (χ4v) is 2.20. The van der Waals surface area contributed by atoms with Gasteiger partial charge in [0.05, 0.1) is 6.20 Å². The second-order valence-electron chi connectivity index (χ2n) is 4.50. The van der Waals surface area contributed by atoms with Gasteiger partial charge < -0.3 is 9.80 Å². The summed E-state index contributed by atoms with van der Waals surface area (Å²) in [6, 6.07) is -0.0875. The number of hydrogen-bond acceptors (Lipinski definition) is 4. The lowest BCUT2D eigenvalue weighted by molar-refractivity contribution is -0.130. The minimum Gasteiger partial charge on any atom is -0.347 e. The first kappa shape index (κ1) is 11.8. The molecule has 0 spiro atoms. The molecule has 5 heteroatoms. The van der Waals surface area contributed by atoms with Crippen LogP contribution in [0.2, 0.25) is 0 Å². The van der Waals surface area contributed by atoms with E-state index in [1.54, 1.807) is 37.6 Å². The molecule has 1 amide bonds. The zero-order valence-corrected chi connectivity index (χ0v) is 10.3. The van der Waals surface area contributed by atoms with Gasteiger partial charge >= 0.3 is 0 Å². The van der Waals surface area contributed by atoms with Gasteiger partial charge in [0.1, 0.15) is 11.9 Å². The molecule has 17 heavy (non-hydrogen) atoms. The Kier molecular flexibility index (Phi) is 3.56. The summed E-state index contributed by atoms with van der Waals surface area (Å²) in [5.41, 5.74) is 0. The van der Waals surface area contributed by atoms with Crippen LogP contribution < -0.4 is 4.90 Å². The number of amides is 1. The van der Waals surface area contributed by atoms with Gasteiger partial charge in [0, 0.05) is 33.0 Å². The first-order valence-corrected chi connectivity index (χ1v) is 5.94. The molecule has 1 unspecified atom stereocenters. The van der Waals surface area contributed by atoms with Crippen LogP contribution in [0.3, 0.4) is 0 Å². The Balaban J connectivity index is 2.21. The number of hydrogen-bond donors (Lipinski definition) is 0. The number of nitrogens with zero attached hydrogens (tertiary/aromatic N) is 4. The topological polar surface area (TPSA) is 49.3 Å². The van der Waals surface area contributed by atoms with Crippen LogP contribution in [0.4, 0.5) is 5.82 Å². The number of piperidine rings is 1. The van der Waals surface area contributed by atoms with Crippen LogP contribution >= 0.6 is 0 Å². The second kappa shape index (κ2) is 5.12. The number of carbonyl (C=O) groups excluding carboxylic acids is 1. The van der Waals surface area contributed by atoms with Gasteiger partial charge in [-0.05, 0) is 19.3 Å². The summed E-state index contributed by atoms with van der Waals surface area (Å²) in [5.74, 6) is 0.947. The predicted molar refractivity (Wildman–Crippen MR) is 65.7 cm³/mol. The maximum Gasteiger partial charge on any atom is 0.244 e. The Morgan fingerprint density at radius 2 is 2.24 bits per heavy atom. The number of rotatable bonds is 2. The molecular formula is C12H18N4O. The van der Waals surface area contributed by atoms with Crippen molar-refractivity contribution in [1.82, 2.24) is 14.9 Å². The van der Waals surface area contributed by atoms with E-state index in [1.807, 2.05) is 0 Å². The van der Waals surface area contributed by atoms with Gasteiger partial charge in [-0.15, -0.1) is 0 Å². The van der Waals surface area contributed by atoms with E-state index in [-0.39, 0.29) is 11.9 Å². The number of aromatic nitrogens is 2. The molecule has 0 aromatic carbocycles. The summed E-state index contributed by atoms with van der Waals surface area (Å²) in [5, 5.41) is 0. The van der Waals surface area contributed by atoms with Crippen LogP contribution in [0.5, 0.6) is 0 Å². The summed E-state index contributed by atoms with van der Waals surface area (Å²) >= 11 is 0. The fraction of sp³-hybridized carbons (Fsp3) is 0.583. The van der Waals surface area contributed by atoms with Crippen LogP contribution in [0, 0.1) is 0 Å². The molecule has 1 aliphatic rings. The molecule has 0 aliphatic carbocycles. The molecule has 2 rings (SSSR count). The molecule has 0 radical (unpaired) electrons. The lowest BCUT2D eigenvalue weighted by atomic mass is 10.0. The number of likely N-dealkylation sites (N-methyl/N-ethyl adjacent to an activating group) is 1. The molecule has 1 aliphatic heterocycles. The quantitative estimate of drug-likeness (QED) is 0.763. The highest BCUT2D eigenvalue weighted by atomic mass is 16.2. The Morgan fingerprint density at radius 3 is 2.88 bits per heavy atom. The van der Waals surface area contributed by atoms with E-state index in [0.29, 0.717) is 0 Å². The van der Waals surface area contributed by atoms with Crippen molar-refractivity contribution >= 4 is 11.7 Å². The standard InChI is InChI=1S/C12H18N4O/c1-15(2)12(17)10-5-3-4-8-16(10)11-9-13-6-7-14-11/h6-7,9-10H,3-5,8H2,1-2H3. The number of carbonyl (C=O) groups is 1. The zero-order valence-electron chi connectivity index (χ0n) is 10.3. The second-order valence-corrected chi connectivity index (χ2v) is 4.50. The lowest BCUT2D eigenvalue weighted by Gasteiger charge is -2.36. The summed E-state index contributed by atoms with van der Waals surface area (Å²) in [6.07, 6.45) is 8.14. The van der Waals surface area contributed by atoms with Gasteiger partial charge in [-0.3, -0.25) is 9.78 Å². The van der Waals surface area contributed by atoms with Gasteiger partial charge in [0.2, 0.25) is 5.91 Å². The van der Waals surface area contributed by atoms with Crippen molar-refractivity contribution in [2.75, 3.05) is 25.5 Å². The molecule has 5 nitrogen and oxygen atoms in total. The zero-order chi connectivity index (χ0) is 12.3. The van der Waals surface area contributed by atoms with Crippen molar-refractivity contribution in [3.63, 3.8) is 0 Å². The van der Waals surface area contributed by atoms with Crippen LogP contribution in [0.25, 0.3) is 0 Å². The van der Waals surface area contributed by atoms with Crippen molar-refractivity contribution in [2.45, 2.75) is 25.3 Å². The lowest BCUT2D eigenvalue weighted by Crippen LogP contribution is -2.49. The van der Waals surface area contributed by atoms with Crippen molar-refractivity contribution in [3.05, 3.63) is 18.6 Å². The minimum absolute atomic E-state index is 0.0875. The Bertz CT molecular complexity index is 379. The summed E-state index contributed by atoms with van der Waals surface area (Å²) in [6.45, 7) is 0.878. The van der Waals surface area contributed by atoms with Crippen molar-refractivity contribution in [3.8, 4) is 0 Å². The SMILES string of the molecule is CN(C)C(=O)C1CCCCN1c1cnccn1. The molecule has 92 valence electrons. The van der Waals surface area contributed by atoms with Gasteiger partial charge in [-0.2, -0.15) is 0 Å². The van der Waals surface area contributed by atoms with Crippen LogP contribution in [0.15, 0.2) is 18.6 Å². The highest BCUT2D eigenvalue weighted by Gasteiger charge is 2.30. The average Bonchev–Trinajstić information content (AvgIpc) is 2.39. The Hall–Kier alpha value is -1.65. The van der Waals surface area contributed by atoms with Crippen LogP contribution in [0.1, 0.15) is 19.3 Å². The monoisotopic (exact) mass is 234 g/mol. The first-order chi connectivity index (χ1) is 8.20. The highest BCUT2D eigenvalue weighted by Crippen LogP contribution is 2.23. The molecule has 0 saturated carbocycles. The first-order valence-electron chi connectivity index (χ1n) is 5.94. The van der Waals surface area contributed by atoms with Crippen molar-refractivity contribution in [2.24, 2.45) is 0 Å². The molecule has 1 saturated heterocycles. The maximum atomic E-state index is 12.1. The van der Waals surface area contributed by atoms with Crippen molar-refractivity contribution in [1.29, 1.82) is 0 Å². The van der Waals surface area contributed by atoms with Crippen LogP contribution in [-0.4, -0.2) is 47.5 Å². The Morgan fingerprint density at radius 1 is 1.41 bits per heavy atom. The van der Waals surface area contributed by atoms with Gasteiger partial charge in [0.15, 0.2) is 0 Å². The summed E-state index contributed by atoms with van der Waals surface area (Å²) < 4.78 is 0. The Labute approximate surface area is 101 Å². The average molecular weight is 234 g/mol. The van der Waals surface area contributed by atoms with Crippen molar-refractivity contribution < 1.29 is 4.79 Å². The van der Waals surface area contributed by atoms with E-state index in [0.717, 1.165) is 31.6 Å².